The fourth-order valence-corrected chi connectivity index (χ4v) is 6.90. The second kappa shape index (κ2) is 7.46. The molecule has 2 aromatic heterocycles. The van der Waals surface area contributed by atoms with E-state index in [0.29, 0.717) is 30.4 Å². The molecule has 0 amide bonds. The van der Waals surface area contributed by atoms with Crippen LogP contribution in [0.2, 0.25) is 0 Å². The van der Waals surface area contributed by atoms with Crippen LogP contribution in [-0.4, -0.2) is 51.1 Å². The molecule has 9 heteroatoms. The Labute approximate surface area is 176 Å². The summed E-state index contributed by atoms with van der Waals surface area (Å²) in [6, 6.07) is 3.73. The van der Waals surface area contributed by atoms with Gasteiger partial charge in [-0.05, 0) is 51.7 Å². The Kier molecular flexibility index (Phi) is 4.89. The van der Waals surface area contributed by atoms with E-state index in [1.165, 1.54) is 6.33 Å². The average molecular weight is 431 g/mol. The fraction of sp³-hybridized carbons (Fsp3) is 0.571. The van der Waals surface area contributed by atoms with Gasteiger partial charge in [0, 0.05) is 31.1 Å². The monoisotopic (exact) mass is 430 g/mol. The van der Waals surface area contributed by atoms with Gasteiger partial charge in [0.05, 0.1) is 16.5 Å². The molecule has 2 atom stereocenters. The molecular weight excluding hydrogens is 404 g/mol. The van der Waals surface area contributed by atoms with Gasteiger partial charge in [0.25, 0.3) is 0 Å². The third-order valence-corrected chi connectivity index (χ3v) is 8.80. The molecule has 0 unspecified atom stereocenters. The van der Waals surface area contributed by atoms with Gasteiger partial charge in [0.1, 0.15) is 12.4 Å². The molecule has 3 fully saturated rings. The highest BCUT2D eigenvalue weighted by atomic mass is 32.2. The largest absolute Gasteiger partial charge is 0.474 e. The maximum atomic E-state index is 12.8. The summed E-state index contributed by atoms with van der Waals surface area (Å²) < 4.78 is 39.6. The standard InChI is InChI=1S/C21H26N4O4S/c1-13-20(23-12-24-21(13)29-19-4-3-9-22-14(19)2)28-17-10-15-5-6-16(11-17)25(15)30(26,27)18-7-8-18/h3-4,9,12,15-18H,5-8,10-11H2,1-2H3/t15-,16-/m0/s1. The van der Waals surface area contributed by atoms with Crippen molar-refractivity contribution in [3.63, 3.8) is 0 Å². The Hall–Kier alpha value is -2.26. The van der Waals surface area contributed by atoms with Crippen LogP contribution in [0.3, 0.4) is 0 Å². The smallest absolute Gasteiger partial charge is 0.229 e. The predicted octanol–water partition coefficient (Wildman–Crippen LogP) is 3.15. The van der Waals surface area contributed by atoms with E-state index >= 15 is 0 Å². The molecule has 2 saturated heterocycles. The van der Waals surface area contributed by atoms with Crippen LogP contribution in [0.25, 0.3) is 0 Å². The SMILES string of the molecule is Cc1ncccc1Oc1ncnc(OC2C[C@@H]3CC[C@@H](C2)N3S(=O)(=O)C2CC2)c1C. The zero-order valence-electron chi connectivity index (χ0n) is 17.2. The second-order valence-electron chi connectivity index (χ2n) is 8.47. The Morgan fingerprint density at radius 3 is 2.37 bits per heavy atom. The predicted molar refractivity (Wildman–Crippen MR) is 110 cm³/mol. The third-order valence-electron chi connectivity index (χ3n) is 6.30. The van der Waals surface area contributed by atoms with Gasteiger partial charge in [-0.1, -0.05) is 0 Å². The molecule has 8 nitrogen and oxygen atoms in total. The number of fused-ring (bicyclic) bond motifs is 2. The molecule has 30 heavy (non-hydrogen) atoms. The van der Waals surface area contributed by atoms with E-state index in [1.54, 1.807) is 10.5 Å². The van der Waals surface area contributed by atoms with Gasteiger partial charge in [-0.25, -0.2) is 18.4 Å². The van der Waals surface area contributed by atoms with Crippen molar-refractivity contribution in [2.24, 2.45) is 0 Å². The van der Waals surface area contributed by atoms with E-state index in [9.17, 15) is 8.42 Å². The van der Waals surface area contributed by atoms with Crippen LogP contribution >= 0.6 is 0 Å². The molecule has 5 rings (SSSR count). The maximum Gasteiger partial charge on any atom is 0.229 e. The van der Waals surface area contributed by atoms with Gasteiger partial charge in [0.15, 0.2) is 5.75 Å². The second-order valence-corrected chi connectivity index (χ2v) is 10.6. The van der Waals surface area contributed by atoms with Gasteiger partial charge in [0.2, 0.25) is 21.8 Å². The minimum absolute atomic E-state index is 0.0373. The van der Waals surface area contributed by atoms with Crippen LogP contribution in [0, 0.1) is 13.8 Å². The first kappa shape index (κ1) is 19.7. The van der Waals surface area contributed by atoms with Crippen LogP contribution in [0.1, 0.15) is 49.8 Å². The number of ether oxygens (including phenoxy) is 2. The first-order chi connectivity index (χ1) is 14.4. The van der Waals surface area contributed by atoms with Crippen LogP contribution in [0.5, 0.6) is 17.5 Å². The Bertz CT molecular complexity index is 1040. The number of hydrogen-bond donors (Lipinski definition) is 0. The number of hydrogen-bond acceptors (Lipinski definition) is 7. The summed E-state index contributed by atoms with van der Waals surface area (Å²) in [5.41, 5.74) is 1.50. The van der Waals surface area contributed by atoms with E-state index in [1.807, 2.05) is 26.0 Å². The maximum absolute atomic E-state index is 12.8. The van der Waals surface area contributed by atoms with E-state index in [4.69, 9.17) is 9.47 Å². The molecule has 1 saturated carbocycles. The first-order valence-corrected chi connectivity index (χ1v) is 12.0. The van der Waals surface area contributed by atoms with Crippen molar-refractivity contribution in [1.29, 1.82) is 0 Å². The summed E-state index contributed by atoms with van der Waals surface area (Å²) >= 11 is 0. The van der Waals surface area contributed by atoms with Gasteiger partial charge in [-0.2, -0.15) is 4.31 Å². The highest BCUT2D eigenvalue weighted by molar-refractivity contribution is 7.90. The third kappa shape index (κ3) is 3.54. The van der Waals surface area contributed by atoms with Gasteiger partial charge in [-0.15, -0.1) is 0 Å². The number of piperidine rings is 1. The quantitative estimate of drug-likeness (QED) is 0.695. The average Bonchev–Trinajstić information content (AvgIpc) is 3.53. The summed E-state index contributed by atoms with van der Waals surface area (Å²) in [5.74, 6) is 1.57. The molecule has 1 aliphatic carbocycles. The van der Waals surface area contributed by atoms with Crippen molar-refractivity contribution in [2.45, 2.75) is 75.8 Å². The van der Waals surface area contributed by atoms with Gasteiger partial charge < -0.3 is 9.47 Å². The Morgan fingerprint density at radius 1 is 1.00 bits per heavy atom. The first-order valence-electron chi connectivity index (χ1n) is 10.5. The molecule has 0 N–H and O–H groups in total. The normalized spacial score (nSPS) is 26.5. The summed E-state index contributed by atoms with van der Waals surface area (Å²) in [4.78, 5) is 12.8. The lowest BCUT2D eigenvalue weighted by Crippen LogP contribution is -2.50. The van der Waals surface area contributed by atoms with Crippen LogP contribution in [0.4, 0.5) is 0 Å². The summed E-state index contributed by atoms with van der Waals surface area (Å²) in [5, 5.41) is -0.155. The van der Waals surface area contributed by atoms with Crippen molar-refractivity contribution in [1.82, 2.24) is 19.3 Å². The highest BCUT2D eigenvalue weighted by Crippen LogP contribution is 2.44. The molecule has 160 valence electrons. The fourth-order valence-electron chi connectivity index (χ4n) is 4.61. The number of rotatable bonds is 6. The molecule has 2 bridgehead atoms. The molecule has 0 radical (unpaired) electrons. The molecule has 0 spiro atoms. The van der Waals surface area contributed by atoms with Crippen molar-refractivity contribution >= 4 is 10.0 Å². The highest BCUT2D eigenvalue weighted by Gasteiger charge is 2.52. The summed E-state index contributed by atoms with van der Waals surface area (Å²) in [6.07, 6.45) is 7.91. The molecule has 0 aromatic carbocycles. The topological polar surface area (TPSA) is 94.5 Å². The van der Waals surface area contributed by atoms with E-state index in [0.717, 1.165) is 36.9 Å². The number of sulfonamides is 1. The van der Waals surface area contributed by atoms with E-state index < -0.39 is 10.0 Å². The zero-order chi connectivity index (χ0) is 20.9. The summed E-state index contributed by atoms with van der Waals surface area (Å²) in [7, 11) is -3.15. The number of nitrogens with zero attached hydrogens (tertiary/aromatic N) is 4. The molecule has 2 aromatic rings. The Morgan fingerprint density at radius 2 is 1.70 bits per heavy atom. The molecular formula is C21H26N4O4S. The Balaban J connectivity index is 1.31. The lowest BCUT2D eigenvalue weighted by Gasteiger charge is -2.37. The minimum atomic E-state index is -3.15. The van der Waals surface area contributed by atoms with Crippen molar-refractivity contribution < 1.29 is 17.9 Å². The number of aryl methyl sites for hydroxylation is 1. The number of pyridine rings is 1. The van der Waals surface area contributed by atoms with Crippen molar-refractivity contribution in [2.75, 3.05) is 0 Å². The lowest BCUT2D eigenvalue weighted by molar-refractivity contribution is 0.0906. The molecule has 3 aliphatic rings. The molecule has 4 heterocycles. The van der Waals surface area contributed by atoms with Crippen LogP contribution in [0.15, 0.2) is 24.7 Å². The number of aromatic nitrogens is 3. The zero-order valence-corrected chi connectivity index (χ0v) is 18.0. The van der Waals surface area contributed by atoms with E-state index in [-0.39, 0.29) is 23.4 Å². The van der Waals surface area contributed by atoms with Gasteiger partial charge >= 0.3 is 0 Å². The van der Waals surface area contributed by atoms with Crippen molar-refractivity contribution in [3.05, 3.63) is 35.9 Å². The van der Waals surface area contributed by atoms with Crippen molar-refractivity contribution in [3.8, 4) is 17.5 Å². The van der Waals surface area contributed by atoms with Gasteiger partial charge in [-0.3, -0.25) is 4.98 Å². The van der Waals surface area contributed by atoms with E-state index in [2.05, 4.69) is 15.0 Å². The van der Waals surface area contributed by atoms with Crippen LogP contribution in [-0.2, 0) is 10.0 Å². The lowest BCUT2D eigenvalue weighted by atomic mass is 10.0. The van der Waals surface area contributed by atoms with Crippen LogP contribution < -0.4 is 9.47 Å². The summed E-state index contributed by atoms with van der Waals surface area (Å²) in [6.45, 7) is 3.75. The molecule has 2 aliphatic heterocycles. The minimum Gasteiger partial charge on any atom is -0.474 e.